The van der Waals surface area contributed by atoms with Crippen molar-refractivity contribution in [2.75, 3.05) is 20.2 Å². The van der Waals surface area contributed by atoms with E-state index in [1.807, 2.05) is 60.7 Å². The van der Waals surface area contributed by atoms with Crippen LogP contribution in [0.5, 0.6) is 0 Å². The zero-order valence-electron chi connectivity index (χ0n) is 16.1. The summed E-state index contributed by atoms with van der Waals surface area (Å²) in [6.07, 6.45) is 0.276. The molecule has 6 nitrogen and oxygen atoms in total. The van der Waals surface area contributed by atoms with Gasteiger partial charge in [0.05, 0.1) is 7.11 Å². The summed E-state index contributed by atoms with van der Waals surface area (Å²) in [7, 11) is 1.30. The number of carbonyl (C=O) groups is 3. The van der Waals surface area contributed by atoms with E-state index in [9.17, 15) is 14.4 Å². The fourth-order valence-corrected chi connectivity index (χ4v) is 3.59. The van der Waals surface area contributed by atoms with Crippen molar-refractivity contribution in [3.8, 4) is 0 Å². The Balaban J connectivity index is 1.81. The van der Waals surface area contributed by atoms with Crippen LogP contribution in [0.3, 0.4) is 0 Å². The molecule has 2 aromatic rings. The number of hydrogen-bond donors (Lipinski definition) is 0. The summed E-state index contributed by atoms with van der Waals surface area (Å²) < 4.78 is 4.99. The molecule has 0 aliphatic carbocycles. The third-order valence-electron chi connectivity index (χ3n) is 5.14. The molecule has 2 aromatic carbocycles. The van der Waals surface area contributed by atoms with Crippen LogP contribution in [0.1, 0.15) is 18.1 Å². The lowest BCUT2D eigenvalue weighted by atomic mass is 9.89. The molecule has 0 spiro atoms. The Labute approximate surface area is 164 Å². The molecule has 0 N–H and O–H groups in total. The number of carbonyl (C=O) groups excluding carboxylic acids is 3. The van der Waals surface area contributed by atoms with Crippen LogP contribution in [-0.2, 0) is 32.1 Å². The zero-order valence-corrected chi connectivity index (χ0v) is 16.1. The van der Waals surface area contributed by atoms with Crippen molar-refractivity contribution in [1.82, 2.24) is 9.80 Å². The number of esters is 1. The Kier molecular flexibility index (Phi) is 5.78. The van der Waals surface area contributed by atoms with E-state index >= 15 is 0 Å². The largest absolute Gasteiger partial charge is 0.467 e. The molecule has 0 bridgehead atoms. The maximum Gasteiger partial charge on any atom is 0.331 e. The molecular weight excluding hydrogens is 356 g/mol. The van der Waals surface area contributed by atoms with E-state index in [2.05, 4.69) is 0 Å². The number of hydrogen-bond acceptors (Lipinski definition) is 4. The molecule has 3 rings (SSSR count). The van der Waals surface area contributed by atoms with Gasteiger partial charge in [0.15, 0.2) is 0 Å². The second kappa shape index (κ2) is 8.25. The standard InChI is InChI=1S/C22H24N2O4/c1-22(21(27)28-2,15-17-9-5-3-6-10-17)24-14-13-23(19(25)20(24)26)16-18-11-7-4-8-12-18/h3-12H,13-16H2,1-2H3. The van der Waals surface area contributed by atoms with Gasteiger partial charge in [0, 0.05) is 26.1 Å². The Bertz CT molecular complexity index is 853. The van der Waals surface area contributed by atoms with Crippen LogP contribution in [0.25, 0.3) is 0 Å². The molecule has 1 unspecified atom stereocenters. The highest BCUT2D eigenvalue weighted by Crippen LogP contribution is 2.26. The van der Waals surface area contributed by atoms with Crippen LogP contribution < -0.4 is 0 Å². The first-order valence-corrected chi connectivity index (χ1v) is 9.23. The summed E-state index contributed by atoms with van der Waals surface area (Å²) in [6.45, 7) is 2.66. The molecule has 0 radical (unpaired) electrons. The SMILES string of the molecule is COC(=O)C(C)(Cc1ccccc1)N1CCN(Cc2ccccc2)C(=O)C1=O. The van der Waals surface area contributed by atoms with E-state index < -0.39 is 23.3 Å². The summed E-state index contributed by atoms with van der Waals surface area (Å²) in [5, 5.41) is 0. The Morgan fingerprint density at radius 3 is 2.07 bits per heavy atom. The van der Waals surface area contributed by atoms with Crippen LogP contribution >= 0.6 is 0 Å². The highest BCUT2D eigenvalue weighted by molar-refractivity contribution is 6.36. The van der Waals surface area contributed by atoms with Crippen molar-refractivity contribution in [1.29, 1.82) is 0 Å². The van der Waals surface area contributed by atoms with E-state index in [0.717, 1.165) is 11.1 Å². The van der Waals surface area contributed by atoms with Crippen molar-refractivity contribution < 1.29 is 19.1 Å². The van der Waals surface area contributed by atoms with Crippen molar-refractivity contribution in [3.63, 3.8) is 0 Å². The van der Waals surface area contributed by atoms with Gasteiger partial charge in [0.25, 0.3) is 0 Å². The van der Waals surface area contributed by atoms with E-state index in [1.54, 1.807) is 6.92 Å². The fourth-order valence-electron chi connectivity index (χ4n) is 3.59. The van der Waals surface area contributed by atoms with Gasteiger partial charge >= 0.3 is 17.8 Å². The molecule has 1 aliphatic heterocycles. The lowest BCUT2D eigenvalue weighted by Gasteiger charge is -2.43. The molecule has 1 saturated heterocycles. The lowest BCUT2D eigenvalue weighted by molar-refractivity contribution is -0.170. The molecule has 1 atom stereocenters. The van der Waals surface area contributed by atoms with Gasteiger partial charge in [0.2, 0.25) is 0 Å². The van der Waals surface area contributed by atoms with Crippen LogP contribution in [0.4, 0.5) is 0 Å². The van der Waals surface area contributed by atoms with Gasteiger partial charge in [0.1, 0.15) is 5.54 Å². The van der Waals surface area contributed by atoms with Crippen LogP contribution in [0.15, 0.2) is 60.7 Å². The molecule has 1 heterocycles. The van der Waals surface area contributed by atoms with E-state index in [4.69, 9.17) is 4.74 Å². The monoisotopic (exact) mass is 380 g/mol. The maximum absolute atomic E-state index is 12.9. The van der Waals surface area contributed by atoms with Gasteiger partial charge in [-0.2, -0.15) is 0 Å². The van der Waals surface area contributed by atoms with Crippen molar-refractivity contribution in [3.05, 3.63) is 71.8 Å². The average molecular weight is 380 g/mol. The highest BCUT2D eigenvalue weighted by atomic mass is 16.5. The predicted molar refractivity (Wildman–Crippen MR) is 104 cm³/mol. The van der Waals surface area contributed by atoms with Crippen LogP contribution in [0, 0.1) is 0 Å². The molecule has 28 heavy (non-hydrogen) atoms. The van der Waals surface area contributed by atoms with Gasteiger partial charge in [-0.05, 0) is 18.1 Å². The summed E-state index contributed by atoms with van der Waals surface area (Å²) >= 11 is 0. The smallest absolute Gasteiger partial charge is 0.331 e. The van der Waals surface area contributed by atoms with Gasteiger partial charge in [-0.25, -0.2) is 4.79 Å². The minimum absolute atomic E-state index is 0.274. The Hall–Kier alpha value is -3.15. The summed E-state index contributed by atoms with van der Waals surface area (Å²) in [6, 6.07) is 18.9. The molecule has 0 saturated carbocycles. The van der Waals surface area contributed by atoms with Gasteiger partial charge in [-0.15, -0.1) is 0 Å². The number of rotatable bonds is 6. The van der Waals surface area contributed by atoms with Crippen LogP contribution in [-0.4, -0.2) is 53.3 Å². The summed E-state index contributed by atoms with van der Waals surface area (Å²) in [4.78, 5) is 41.1. The summed E-state index contributed by atoms with van der Waals surface area (Å²) in [5.74, 6) is -1.81. The maximum atomic E-state index is 12.9. The zero-order chi connectivity index (χ0) is 20.1. The quantitative estimate of drug-likeness (QED) is 0.568. The number of benzene rings is 2. The third kappa shape index (κ3) is 3.91. The predicted octanol–water partition coefficient (Wildman–Crippen LogP) is 2.03. The first-order valence-electron chi connectivity index (χ1n) is 9.23. The fraction of sp³-hybridized carbons (Fsp3) is 0.318. The second-order valence-electron chi connectivity index (χ2n) is 7.10. The minimum Gasteiger partial charge on any atom is -0.467 e. The van der Waals surface area contributed by atoms with Crippen molar-refractivity contribution in [2.24, 2.45) is 0 Å². The second-order valence-corrected chi connectivity index (χ2v) is 7.10. The number of ether oxygens (including phenoxy) is 1. The Morgan fingerprint density at radius 2 is 1.50 bits per heavy atom. The normalized spacial score (nSPS) is 16.6. The van der Waals surface area contributed by atoms with Crippen molar-refractivity contribution in [2.45, 2.75) is 25.4 Å². The molecule has 2 amide bonds. The first-order chi connectivity index (χ1) is 13.5. The molecular formula is C22H24N2O4. The van der Waals surface area contributed by atoms with Gasteiger partial charge in [-0.3, -0.25) is 9.59 Å². The minimum atomic E-state index is -1.25. The molecule has 1 fully saturated rings. The molecule has 0 aromatic heterocycles. The number of piperazine rings is 1. The third-order valence-corrected chi connectivity index (χ3v) is 5.14. The topological polar surface area (TPSA) is 66.9 Å². The Morgan fingerprint density at radius 1 is 0.929 bits per heavy atom. The van der Waals surface area contributed by atoms with E-state index in [1.165, 1.54) is 16.9 Å². The number of methoxy groups -OCH3 is 1. The number of nitrogens with zero attached hydrogens (tertiary/aromatic N) is 2. The average Bonchev–Trinajstić information content (AvgIpc) is 2.72. The molecule has 146 valence electrons. The van der Waals surface area contributed by atoms with Crippen LogP contribution in [0.2, 0.25) is 0 Å². The first kappa shape index (κ1) is 19.6. The molecule has 1 aliphatic rings. The van der Waals surface area contributed by atoms with Crippen molar-refractivity contribution >= 4 is 17.8 Å². The van der Waals surface area contributed by atoms with Gasteiger partial charge in [-0.1, -0.05) is 60.7 Å². The van der Waals surface area contributed by atoms with E-state index in [0.29, 0.717) is 13.1 Å². The molecule has 6 heteroatoms. The van der Waals surface area contributed by atoms with Gasteiger partial charge < -0.3 is 14.5 Å². The summed E-state index contributed by atoms with van der Waals surface area (Å²) in [5.41, 5.74) is 0.598. The number of amides is 2. The highest BCUT2D eigenvalue weighted by Gasteiger charge is 2.48. The lowest BCUT2D eigenvalue weighted by Crippen LogP contribution is -2.65. The van der Waals surface area contributed by atoms with E-state index in [-0.39, 0.29) is 13.0 Å².